The minimum Gasteiger partial charge on any atom is -0.355 e. The zero-order valence-corrected chi connectivity index (χ0v) is 13.6. The molecule has 0 saturated heterocycles. The molecule has 6 nitrogen and oxygen atoms in total. The van der Waals surface area contributed by atoms with Gasteiger partial charge in [-0.1, -0.05) is 30.3 Å². The van der Waals surface area contributed by atoms with E-state index in [1.54, 1.807) is 40.5 Å². The fraction of sp³-hybridized carbons (Fsp3) is 0.105. The van der Waals surface area contributed by atoms with Crippen molar-refractivity contribution in [3.8, 4) is 0 Å². The zero-order chi connectivity index (χ0) is 17.4. The number of rotatable bonds is 3. The highest BCUT2D eigenvalue weighted by atomic mass is 16.1. The summed E-state index contributed by atoms with van der Waals surface area (Å²) in [5, 5.41) is 6.87. The number of nitrogens with one attached hydrogen (secondary N) is 1. The van der Waals surface area contributed by atoms with Crippen molar-refractivity contribution in [1.82, 2.24) is 19.5 Å². The highest BCUT2D eigenvalue weighted by Gasteiger charge is 2.14. The van der Waals surface area contributed by atoms with Crippen LogP contribution in [0.4, 0.5) is 0 Å². The van der Waals surface area contributed by atoms with Gasteiger partial charge in [0.1, 0.15) is 5.52 Å². The maximum absolute atomic E-state index is 13.0. The number of carbonyl (C=O) groups is 1. The second-order valence-electron chi connectivity index (χ2n) is 5.79. The fourth-order valence-corrected chi connectivity index (χ4v) is 3.03. The Labute approximate surface area is 143 Å². The van der Waals surface area contributed by atoms with Crippen LogP contribution in [-0.4, -0.2) is 27.1 Å². The van der Waals surface area contributed by atoms with Gasteiger partial charge in [0.15, 0.2) is 0 Å². The first-order valence-corrected chi connectivity index (χ1v) is 7.95. The van der Waals surface area contributed by atoms with E-state index < -0.39 is 0 Å². The van der Waals surface area contributed by atoms with Crippen molar-refractivity contribution in [2.75, 3.05) is 7.05 Å². The number of aromatic nitrogens is 3. The number of fused-ring (bicyclic) bond motifs is 3. The molecule has 0 radical (unpaired) electrons. The van der Waals surface area contributed by atoms with E-state index in [9.17, 15) is 9.59 Å². The normalized spacial score (nSPS) is 11.1. The molecule has 2 aromatic carbocycles. The Morgan fingerprint density at radius 1 is 1.04 bits per heavy atom. The van der Waals surface area contributed by atoms with Crippen molar-refractivity contribution < 1.29 is 4.79 Å². The molecule has 0 aliphatic heterocycles. The van der Waals surface area contributed by atoms with Gasteiger partial charge in [-0.15, -0.1) is 0 Å². The lowest BCUT2D eigenvalue weighted by Crippen LogP contribution is -2.24. The first-order valence-electron chi connectivity index (χ1n) is 7.95. The van der Waals surface area contributed by atoms with Crippen LogP contribution in [-0.2, 0) is 6.54 Å². The summed E-state index contributed by atoms with van der Waals surface area (Å²) in [4.78, 5) is 25.0. The van der Waals surface area contributed by atoms with E-state index in [2.05, 4.69) is 10.4 Å². The lowest BCUT2D eigenvalue weighted by Gasteiger charge is -2.13. The van der Waals surface area contributed by atoms with Crippen LogP contribution in [0, 0.1) is 0 Å². The van der Waals surface area contributed by atoms with Gasteiger partial charge in [-0.2, -0.15) is 5.10 Å². The monoisotopic (exact) mass is 332 g/mol. The van der Waals surface area contributed by atoms with Gasteiger partial charge in [-0.05, 0) is 29.8 Å². The van der Waals surface area contributed by atoms with Crippen LogP contribution in [0.25, 0.3) is 16.6 Å². The Morgan fingerprint density at radius 3 is 2.60 bits per heavy atom. The predicted octanol–water partition coefficient (Wildman–Crippen LogP) is 2.06. The van der Waals surface area contributed by atoms with Gasteiger partial charge in [0, 0.05) is 12.6 Å². The number of hydrogen-bond acceptors (Lipinski definition) is 3. The second-order valence-corrected chi connectivity index (χ2v) is 5.79. The van der Waals surface area contributed by atoms with E-state index in [1.165, 1.54) is 0 Å². The fourth-order valence-electron chi connectivity index (χ4n) is 3.03. The molecule has 0 aliphatic carbocycles. The molecule has 4 rings (SSSR count). The molecule has 124 valence electrons. The smallest absolute Gasteiger partial charge is 0.277 e. The Hall–Kier alpha value is -3.41. The molecule has 6 heteroatoms. The zero-order valence-electron chi connectivity index (χ0n) is 13.6. The van der Waals surface area contributed by atoms with E-state index in [1.807, 2.05) is 36.4 Å². The second kappa shape index (κ2) is 5.90. The summed E-state index contributed by atoms with van der Waals surface area (Å²) in [5.41, 5.74) is 3.34. The number of nitrogens with zero attached hydrogens (tertiary/aromatic N) is 3. The Bertz CT molecular complexity index is 1140. The van der Waals surface area contributed by atoms with Crippen molar-refractivity contribution in [2.45, 2.75) is 6.54 Å². The number of benzene rings is 2. The third kappa shape index (κ3) is 2.48. The molecule has 0 fully saturated rings. The maximum atomic E-state index is 13.0. The predicted molar refractivity (Wildman–Crippen MR) is 95.9 cm³/mol. The van der Waals surface area contributed by atoms with Crippen molar-refractivity contribution in [1.29, 1.82) is 0 Å². The van der Waals surface area contributed by atoms with Gasteiger partial charge in [0.05, 0.1) is 23.8 Å². The summed E-state index contributed by atoms with van der Waals surface area (Å²) < 4.78 is 3.31. The third-order valence-corrected chi connectivity index (χ3v) is 4.27. The molecule has 0 unspecified atom stereocenters. The van der Waals surface area contributed by atoms with Crippen LogP contribution >= 0.6 is 0 Å². The quantitative estimate of drug-likeness (QED) is 0.624. The molecular weight excluding hydrogens is 316 g/mol. The number of hydrogen-bond donors (Lipinski definition) is 1. The summed E-state index contributed by atoms with van der Waals surface area (Å²) in [6.45, 7) is 0.426. The molecule has 0 atom stereocenters. The van der Waals surface area contributed by atoms with Gasteiger partial charge in [0.25, 0.3) is 11.5 Å². The van der Waals surface area contributed by atoms with Gasteiger partial charge >= 0.3 is 0 Å². The first-order chi connectivity index (χ1) is 12.2. The average Bonchev–Trinajstić information content (AvgIpc) is 3.15. The van der Waals surface area contributed by atoms with E-state index in [4.69, 9.17) is 0 Å². The molecule has 2 heterocycles. The van der Waals surface area contributed by atoms with Gasteiger partial charge in [0.2, 0.25) is 0 Å². The SMILES string of the molecule is CNC(=O)c1ccc2c(c1)n(Cc1ccccc1)c(=O)c1ccnn12. The Balaban J connectivity index is 2.03. The van der Waals surface area contributed by atoms with Gasteiger partial charge in [-0.3, -0.25) is 9.59 Å². The molecular formula is C19H16N4O2. The molecule has 25 heavy (non-hydrogen) atoms. The van der Waals surface area contributed by atoms with Crippen LogP contribution in [0.1, 0.15) is 15.9 Å². The van der Waals surface area contributed by atoms with Crippen LogP contribution < -0.4 is 10.9 Å². The molecule has 1 N–H and O–H groups in total. The molecule has 4 aromatic rings. The Kier molecular flexibility index (Phi) is 3.57. The van der Waals surface area contributed by atoms with Gasteiger partial charge in [-0.25, -0.2) is 4.52 Å². The van der Waals surface area contributed by atoms with Crippen molar-refractivity contribution in [3.05, 3.63) is 82.3 Å². The van der Waals surface area contributed by atoms with Crippen molar-refractivity contribution in [2.24, 2.45) is 0 Å². The van der Waals surface area contributed by atoms with E-state index >= 15 is 0 Å². The Morgan fingerprint density at radius 2 is 1.84 bits per heavy atom. The van der Waals surface area contributed by atoms with Crippen LogP contribution in [0.3, 0.4) is 0 Å². The maximum Gasteiger partial charge on any atom is 0.277 e. The van der Waals surface area contributed by atoms with E-state index in [0.717, 1.165) is 11.1 Å². The first kappa shape index (κ1) is 15.1. The number of carbonyl (C=O) groups excluding carboxylic acids is 1. The van der Waals surface area contributed by atoms with Gasteiger partial charge < -0.3 is 9.88 Å². The standard InChI is InChI=1S/C19H16N4O2/c1-20-18(24)14-7-8-15-17(11-14)22(12-13-5-3-2-4-6-13)19(25)16-9-10-21-23(15)16/h2-11H,12H2,1H3,(H,20,24). The molecule has 0 spiro atoms. The number of amides is 1. The minimum atomic E-state index is -0.193. The van der Waals surface area contributed by atoms with Crippen LogP contribution in [0.5, 0.6) is 0 Å². The van der Waals surface area contributed by atoms with Crippen LogP contribution in [0.2, 0.25) is 0 Å². The summed E-state index contributed by atoms with van der Waals surface area (Å²) in [6, 6.07) is 16.8. The lowest BCUT2D eigenvalue weighted by molar-refractivity contribution is 0.0963. The highest BCUT2D eigenvalue weighted by molar-refractivity contribution is 5.97. The molecule has 1 amide bonds. The average molecular weight is 332 g/mol. The molecule has 0 aliphatic rings. The molecule has 2 aromatic heterocycles. The lowest BCUT2D eigenvalue weighted by atomic mass is 10.1. The largest absolute Gasteiger partial charge is 0.355 e. The topological polar surface area (TPSA) is 68.4 Å². The van der Waals surface area contributed by atoms with Crippen molar-refractivity contribution >= 4 is 22.5 Å². The summed E-state index contributed by atoms with van der Waals surface area (Å²) in [7, 11) is 1.58. The third-order valence-electron chi connectivity index (χ3n) is 4.27. The molecule has 0 bridgehead atoms. The van der Waals surface area contributed by atoms with Crippen LogP contribution in [0.15, 0.2) is 65.6 Å². The van der Waals surface area contributed by atoms with E-state index in [-0.39, 0.29) is 11.5 Å². The summed E-state index contributed by atoms with van der Waals surface area (Å²) >= 11 is 0. The summed E-state index contributed by atoms with van der Waals surface area (Å²) in [5.74, 6) is -0.193. The minimum absolute atomic E-state index is 0.136. The van der Waals surface area contributed by atoms with E-state index in [0.29, 0.717) is 23.1 Å². The summed E-state index contributed by atoms with van der Waals surface area (Å²) in [6.07, 6.45) is 1.61. The molecule has 0 saturated carbocycles. The highest BCUT2D eigenvalue weighted by Crippen LogP contribution is 2.17. The van der Waals surface area contributed by atoms with Crippen molar-refractivity contribution in [3.63, 3.8) is 0 Å².